The highest BCUT2D eigenvalue weighted by molar-refractivity contribution is 5.29. The highest BCUT2D eigenvalue weighted by Gasteiger charge is 2.22. The van der Waals surface area contributed by atoms with E-state index in [-0.39, 0.29) is 17.5 Å². The van der Waals surface area contributed by atoms with Crippen molar-refractivity contribution in [3.05, 3.63) is 29.6 Å². The van der Waals surface area contributed by atoms with Gasteiger partial charge in [0.05, 0.1) is 19.8 Å². The number of halogens is 1. The Kier molecular flexibility index (Phi) is 4.55. The summed E-state index contributed by atoms with van der Waals surface area (Å²) in [5.74, 6) is 0.000228. The summed E-state index contributed by atoms with van der Waals surface area (Å²) >= 11 is 0. The molecule has 1 fully saturated rings. The molecule has 0 saturated carbocycles. The lowest BCUT2D eigenvalue weighted by molar-refractivity contribution is -0.00849. The molecular weight excluding hydrogens is 235 g/mol. The van der Waals surface area contributed by atoms with E-state index in [4.69, 9.17) is 9.47 Å². The number of hydrogen-bond donors (Lipinski definition) is 1. The van der Waals surface area contributed by atoms with Crippen LogP contribution in [-0.2, 0) is 11.2 Å². The molecule has 1 aromatic carbocycles. The number of methoxy groups -OCH3 is 1. The summed E-state index contributed by atoms with van der Waals surface area (Å²) in [6, 6.07) is 4.80. The molecular formula is C14H19FO3. The first-order chi connectivity index (χ1) is 8.70. The first-order valence-corrected chi connectivity index (χ1v) is 6.29. The molecule has 1 N–H and O–H groups in total. The van der Waals surface area contributed by atoms with Gasteiger partial charge in [0.2, 0.25) is 0 Å². The van der Waals surface area contributed by atoms with E-state index in [1.165, 1.54) is 13.2 Å². The lowest BCUT2D eigenvalue weighted by Crippen LogP contribution is -2.30. The van der Waals surface area contributed by atoms with Crippen molar-refractivity contribution in [1.82, 2.24) is 0 Å². The molecule has 0 bridgehead atoms. The molecule has 0 aromatic heterocycles. The van der Waals surface area contributed by atoms with Gasteiger partial charge in [-0.3, -0.25) is 0 Å². The molecule has 3 nitrogen and oxygen atoms in total. The second kappa shape index (κ2) is 6.16. The van der Waals surface area contributed by atoms with Crippen molar-refractivity contribution in [1.29, 1.82) is 0 Å². The van der Waals surface area contributed by atoms with Gasteiger partial charge in [0, 0.05) is 12.5 Å². The topological polar surface area (TPSA) is 38.7 Å². The molecule has 0 spiro atoms. The van der Waals surface area contributed by atoms with Gasteiger partial charge in [0.1, 0.15) is 0 Å². The monoisotopic (exact) mass is 254 g/mol. The zero-order chi connectivity index (χ0) is 13.0. The fourth-order valence-corrected chi connectivity index (χ4v) is 2.31. The Morgan fingerprint density at radius 2 is 2.39 bits per heavy atom. The zero-order valence-electron chi connectivity index (χ0n) is 10.6. The molecule has 0 amide bonds. The predicted molar refractivity (Wildman–Crippen MR) is 66.2 cm³/mol. The lowest BCUT2D eigenvalue weighted by atomic mass is 9.91. The van der Waals surface area contributed by atoms with Crippen LogP contribution < -0.4 is 4.74 Å². The first-order valence-electron chi connectivity index (χ1n) is 6.29. The van der Waals surface area contributed by atoms with E-state index in [0.29, 0.717) is 13.0 Å². The van der Waals surface area contributed by atoms with E-state index in [9.17, 15) is 9.50 Å². The van der Waals surface area contributed by atoms with Crippen LogP contribution in [0.4, 0.5) is 4.39 Å². The molecule has 100 valence electrons. The highest BCUT2D eigenvalue weighted by Crippen LogP contribution is 2.23. The van der Waals surface area contributed by atoms with E-state index in [1.54, 1.807) is 12.1 Å². The van der Waals surface area contributed by atoms with Crippen LogP contribution in [0.5, 0.6) is 5.75 Å². The molecule has 4 heteroatoms. The molecule has 0 aliphatic carbocycles. The van der Waals surface area contributed by atoms with Crippen molar-refractivity contribution in [2.24, 2.45) is 5.92 Å². The highest BCUT2D eigenvalue weighted by atomic mass is 19.1. The van der Waals surface area contributed by atoms with Gasteiger partial charge in [-0.1, -0.05) is 6.07 Å². The number of rotatable bonds is 4. The lowest BCUT2D eigenvalue weighted by Gasteiger charge is -2.26. The van der Waals surface area contributed by atoms with Gasteiger partial charge >= 0.3 is 0 Å². The van der Waals surface area contributed by atoms with Crippen molar-refractivity contribution in [3.8, 4) is 5.75 Å². The summed E-state index contributed by atoms with van der Waals surface area (Å²) in [6.07, 6.45) is 1.94. The molecule has 0 radical (unpaired) electrons. The second-order valence-electron chi connectivity index (χ2n) is 4.72. The van der Waals surface area contributed by atoms with Crippen molar-refractivity contribution >= 4 is 0 Å². The third-order valence-corrected chi connectivity index (χ3v) is 3.40. The minimum atomic E-state index is -0.474. The third kappa shape index (κ3) is 3.21. The van der Waals surface area contributed by atoms with Gasteiger partial charge in [-0.15, -0.1) is 0 Å². The summed E-state index contributed by atoms with van der Waals surface area (Å²) in [5.41, 5.74) is 0.784. The van der Waals surface area contributed by atoms with Gasteiger partial charge in [-0.2, -0.15) is 0 Å². The first kappa shape index (κ1) is 13.3. The Morgan fingerprint density at radius 1 is 1.56 bits per heavy atom. The Balaban J connectivity index is 1.97. The van der Waals surface area contributed by atoms with Crippen LogP contribution in [0, 0.1) is 11.7 Å². The van der Waals surface area contributed by atoms with E-state index in [1.807, 2.05) is 0 Å². The van der Waals surface area contributed by atoms with Crippen LogP contribution in [0.15, 0.2) is 18.2 Å². The molecule has 1 aliphatic rings. The Bertz CT molecular complexity index is 389. The van der Waals surface area contributed by atoms with Gasteiger partial charge in [-0.05, 0) is 37.0 Å². The summed E-state index contributed by atoms with van der Waals surface area (Å²) in [6.45, 7) is 1.38. The molecule has 1 saturated heterocycles. The van der Waals surface area contributed by atoms with Gasteiger partial charge in [0.25, 0.3) is 0 Å². The van der Waals surface area contributed by atoms with Crippen molar-refractivity contribution in [2.45, 2.75) is 25.4 Å². The van der Waals surface area contributed by atoms with E-state index in [2.05, 4.69) is 0 Å². The smallest absolute Gasteiger partial charge is 0.165 e. The minimum absolute atomic E-state index is 0.156. The SMILES string of the molecule is COc1ccc(CC(O)C2CCCOC2)cc1F. The maximum absolute atomic E-state index is 13.5. The van der Waals surface area contributed by atoms with Crippen molar-refractivity contribution < 1.29 is 19.0 Å². The molecule has 2 atom stereocenters. The fourth-order valence-electron chi connectivity index (χ4n) is 2.31. The number of ether oxygens (including phenoxy) is 2. The average molecular weight is 254 g/mol. The number of aliphatic hydroxyl groups excluding tert-OH is 1. The van der Waals surface area contributed by atoms with Crippen LogP contribution in [0.1, 0.15) is 18.4 Å². The van der Waals surface area contributed by atoms with Crippen LogP contribution in [0.3, 0.4) is 0 Å². The number of benzene rings is 1. The molecule has 18 heavy (non-hydrogen) atoms. The van der Waals surface area contributed by atoms with Gasteiger partial charge in [-0.25, -0.2) is 4.39 Å². The maximum Gasteiger partial charge on any atom is 0.165 e. The van der Waals surface area contributed by atoms with Gasteiger partial charge in [0.15, 0.2) is 11.6 Å². The number of hydrogen-bond acceptors (Lipinski definition) is 3. The largest absolute Gasteiger partial charge is 0.494 e. The molecule has 1 aromatic rings. The summed E-state index contributed by atoms with van der Waals surface area (Å²) in [5, 5.41) is 10.1. The van der Waals surface area contributed by atoms with Crippen LogP contribution >= 0.6 is 0 Å². The second-order valence-corrected chi connectivity index (χ2v) is 4.72. The molecule has 2 unspecified atom stereocenters. The predicted octanol–water partition coefficient (Wildman–Crippen LogP) is 2.16. The Morgan fingerprint density at radius 3 is 3.00 bits per heavy atom. The summed E-state index contributed by atoms with van der Waals surface area (Å²) in [7, 11) is 1.44. The maximum atomic E-state index is 13.5. The van der Waals surface area contributed by atoms with Gasteiger partial charge < -0.3 is 14.6 Å². The standard InChI is InChI=1S/C14H19FO3/c1-17-14-5-4-10(7-12(14)15)8-13(16)11-3-2-6-18-9-11/h4-5,7,11,13,16H,2-3,6,8-9H2,1H3. The normalized spacial score (nSPS) is 21.6. The molecule has 1 heterocycles. The summed E-state index contributed by atoms with van der Waals surface area (Å²) < 4.78 is 23.7. The fraction of sp³-hybridized carbons (Fsp3) is 0.571. The Hall–Kier alpha value is -1.13. The molecule has 1 aliphatic heterocycles. The minimum Gasteiger partial charge on any atom is -0.494 e. The van der Waals surface area contributed by atoms with E-state index in [0.717, 1.165) is 25.0 Å². The third-order valence-electron chi connectivity index (χ3n) is 3.40. The van der Waals surface area contributed by atoms with E-state index >= 15 is 0 Å². The summed E-state index contributed by atoms with van der Waals surface area (Å²) in [4.78, 5) is 0. The molecule has 2 rings (SSSR count). The van der Waals surface area contributed by atoms with Crippen LogP contribution in [0.25, 0.3) is 0 Å². The average Bonchev–Trinajstić information content (AvgIpc) is 2.40. The van der Waals surface area contributed by atoms with E-state index < -0.39 is 6.10 Å². The van der Waals surface area contributed by atoms with Crippen LogP contribution in [0.2, 0.25) is 0 Å². The van der Waals surface area contributed by atoms with Crippen LogP contribution in [-0.4, -0.2) is 31.5 Å². The van der Waals surface area contributed by atoms with Crippen molar-refractivity contribution in [3.63, 3.8) is 0 Å². The Labute approximate surface area is 107 Å². The zero-order valence-corrected chi connectivity index (χ0v) is 10.6. The number of aliphatic hydroxyl groups is 1. The van der Waals surface area contributed by atoms with Crippen molar-refractivity contribution in [2.75, 3.05) is 20.3 Å². The quantitative estimate of drug-likeness (QED) is 0.895.